The number of amides is 1. The molecule has 3 aromatic heterocycles. The molecule has 0 fully saturated rings. The fourth-order valence-electron chi connectivity index (χ4n) is 3.94. The lowest BCUT2D eigenvalue weighted by atomic mass is 9.95. The van der Waals surface area contributed by atoms with Crippen molar-refractivity contribution in [2.75, 3.05) is 5.32 Å². The van der Waals surface area contributed by atoms with Crippen LogP contribution in [0.1, 0.15) is 43.6 Å². The number of fused-ring (bicyclic) bond motifs is 4. The number of carbonyl (C=O) groups is 1. The van der Waals surface area contributed by atoms with Crippen molar-refractivity contribution >= 4 is 43.4 Å². The lowest BCUT2D eigenvalue weighted by molar-refractivity contribution is -0.118. The molecule has 0 bridgehead atoms. The first kappa shape index (κ1) is 20.8. The summed E-state index contributed by atoms with van der Waals surface area (Å²) in [6.07, 6.45) is 2.18. The molecule has 1 aromatic carbocycles. The van der Waals surface area contributed by atoms with Gasteiger partial charge in [0.25, 0.3) is 5.56 Å². The maximum atomic E-state index is 13.3. The summed E-state index contributed by atoms with van der Waals surface area (Å²) < 4.78 is 7.81. The van der Waals surface area contributed by atoms with Crippen LogP contribution in [0, 0.1) is 6.92 Å². The second kappa shape index (κ2) is 7.50. The first-order chi connectivity index (χ1) is 15.2. The van der Waals surface area contributed by atoms with Crippen LogP contribution in [0.25, 0.3) is 20.4 Å². The summed E-state index contributed by atoms with van der Waals surface area (Å²) in [7, 11) is 0. The Morgan fingerprint density at radius 2 is 2.03 bits per heavy atom. The lowest BCUT2D eigenvalue weighted by Crippen LogP contribution is -2.32. The number of pyridine rings is 1. The number of aromatic nitrogens is 3. The zero-order valence-electron chi connectivity index (χ0n) is 18.4. The fraction of sp³-hybridized carbons (Fsp3) is 0.333. The number of thiophene rings is 1. The highest BCUT2D eigenvalue weighted by molar-refractivity contribution is 7.25. The van der Waals surface area contributed by atoms with Gasteiger partial charge in [0.2, 0.25) is 5.91 Å². The fourth-order valence-corrected chi connectivity index (χ4v) is 5.01. The van der Waals surface area contributed by atoms with Crippen molar-refractivity contribution in [1.82, 2.24) is 14.5 Å². The predicted molar refractivity (Wildman–Crippen MR) is 126 cm³/mol. The van der Waals surface area contributed by atoms with E-state index in [1.54, 1.807) is 6.92 Å². The lowest BCUT2D eigenvalue weighted by Gasteiger charge is -2.30. The van der Waals surface area contributed by atoms with Crippen LogP contribution in [0.15, 0.2) is 41.5 Å². The van der Waals surface area contributed by atoms with E-state index in [2.05, 4.69) is 24.1 Å². The van der Waals surface area contributed by atoms with Gasteiger partial charge in [-0.2, -0.15) is 0 Å². The molecular formula is C24H24N4O3S. The van der Waals surface area contributed by atoms with Gasteiger partial charge in [0, 0.05) is 23.1 Å². The zero-order valence-corrected chi connectivity index (χ0v) is 19.2. The van der Waals surface area contributed by atoms with Crippen LogP contribution in [0.2, 0.25) is 0 Å². The molecule has 4 aromatic rings. The SMILES string of the molecule is Cc1ccc(NC(=O)C(C)n2cnc3c(sc4nc5c(cc43)COC(C)(C)C5)c2=O)cc1. The van der Waals surface area contributed by atoms with Crippen molar-refractivity contribution in [3.8, 4) is 0 Å². The summed E-state index contributed by atoms with van der Waals surface area (Å²) >= 11 is 1.33. The summed E-state index contributed by atoms with van der Waals surface area (Å²) in [5.74, 6) is -0.272. The summed E-state index contributed by atoms with van der Waals surface area (Å²) in [6, 6.07) is 8.87. The van der Waals surface area contributed by atoms with Crippen LogP contribution in [-0.4, -0.2) is 26.0 Å². The molecule has 0 aliphatic carbocycles. The molecule has 1 amide bonds. The van der Waals surface area contributed by atoms with E-state index in [0.29, 0.717) is 22.5 Å². The minimum atomic E-state index is -0.707. The van der Waals surface area contributed by atoms with Crippen LogP contribution in [-0.2, 0) is 22.6 Å². The summed E-state index contributed by atoms with van der Waals surface area (Å²) in [5.41, 5.74) is 3.97. The standard InChI is InChI=1S/C24H24N4O3S/c1-13-5-7-16(8-6-13)26-21(29)14(2)28-12-25-19-17-9-15-11-31-24(3,4)10-18(15)27-22(17)32-20(19)23(28)30/h5-9,12,14H,10-11H2,1-4H3,(H,26,29). The molecule has 0 saturated heterocycles. The molecule has 4 heterocycles. The molecule has 8 heteroatoms. The van der Waals surface area contributed by atoms with Crippen LogP contribution in [0.5, 0.6) is 0 Å². The van der Waals surface area contributed by atoms with Crippen molar-refractivity contribution in [2.45, 2.75) is 52.4 Å². The Kier molecular flexibility index (Phi) is 4.87. The monoisotopic (exact) mass is 448 g/mol. The number of ether oxygens (including phenoxy) is 1. The van der Waals surface area contributed by atoms with Crippen molar-refractivity contribution < 1.29 is 9.53 Å². The smallest absolute Gasteiger partial charge is 0.272 e. The van der Waals surface area contributed by atoms with Gasteiger partial charge in [-0.25, -0.2) is 9.97 Å². The molecule has 1 N–H and O–H groups in total. The first-order valence-electron chi connectivity index (χ1n) is 10.6. The summed E-state index contributed by atoms with van der Waals surface area (Å²) in [6.45, 7) is 8.28. The Morgan fingerprint density at radius 3 is 2.78 bits per heavy atom. The number of rotatable bonds is 3. The quantitative estimate of drug-likeness (QED) is 0.503. The molecule has 5 rings (SSSR count). The minimum absolute atomic E-state index is 0.237. The highest BCUT2D eigenvalue weighted by Crippen LogP contribution is 2.34. The van der Waals surface area contributed by atoms with E-state index in [-0.39, 0.29) is 17.1 Å². The van der Waals surface area contributed by atoms with Crippen molar-refractivity contribution in [3.63, 3.8) is 0 Å². The van der Waals surface area contributed by atoms with Gasteiger partial charge in [0.15, 0.2) is 0 Å². The third kappa shape index (κ3) is 3.59. The molecule has 1 aliphatic rings. The Hall–Kier alpha value is -3.10. The second-order valence-corrected chi connectivity index (χ2v) is 9.94. The number of benzene rings is 1. The van der Waals surface area contributed by atoms with E-state index in [4.69, 9.17) is 9.72 Å². The molecular weight excluding hydrogens is 424 g/mol. The average Bonchev–Trinajstić information content (AvgIpc) is 3.11. The largest absolute Gasteiger partial charge is 0.370 e. The number of aryl methyl sites for hydroxylation is 1. The van der Waals surface area contributed by atoms with Crippen molar-refractivity contribution in [1.29, 1.82) is 0 Å². The van der Waals surface area contributed by atoms with E-state index in [9.17, 15) is 9.59 Å². The van der Waals surface area contributed by atoms with Crippen molar-refractivity contribution in [3.05, 3.63) is 63.8 Å². The van der Waals surface area contributed by atoms with Gasteiger partial charge in [-0.1, -0.05) is 17.7 Å². The average molecular weight is 449 g/mol. The van der Waals surface area contributed by atoms with Gasteiger partial charge in [-0.3, -0.25) is 14.2 Å². The number of hydrogen-bond donors (Lipinski definition) is 1. The molecule has 7 nitrogen and oxygen atoms in total. The first-order valence-corrected chi connectivity index (χ1v) is 11.4. The van der Waals surface area contributed by atoms with Crippen LogP contribution in [0.3, 0.4) is 0 Å². The van der Waals surface area contributed by atoms with Gasteiger partial charge < -0.3 is 10.1 Å². The van der Waals surface area contributed by atoms with Crippen LogP contribution < -0.4 is 10.9 Å². The Bertz CT molecular complexity index is 1420. The van der Waals surface area contributed by atoms with Gasteiger partial charge in [-0.05, 0) is 45.9 Å². The molecule has 0 saturated carbocycles. The molecule has 164 valence electrons. The van der Waals surface area contributed by atoms with E-state index >= 15 is 0 Å². The summed E-state index contributed by atoms with van der Waals surface area (Å²) in [4.78, 5) is 36.2. The van der Waals surface area contributed by atoms with E-state index in [0.717, 1.165) is 33.5 Å². The van der Waals surface area contributed by atoms with E-state index in [1.807, 2.05) is 37.3 Å². The Balaban J connectivity index is 1.51. The maximum Gasteiger partial charge on any atom is 0.272 e. The normalized spacial score (nSPS) is 16.1. The Morgan fingerprint density at radius 1 is 1.28 bits per heavy atom. The second-order valence-electron chi connectivity index (χ2n) is 8.94. The third-order valence-electron chi connectivity index (χ3n) is 5.89. The number of nitrogens with one attached hydrogen (secondary N) is 1. The zero-order chi connectivity index (χ0) is 22.6. The maximum absolute atomic E-state index is 13.3. The number of hydrogen-bond acceptors (Lipinski definition) is 6. The summed E-state index contributed by atoms with van der Waals surface area (Å²) in [5, 5.41) is 3.72. The predicted octanol–water partition coefficient (Wildman–Crippen LogP) is 4.37. The molecule has 0 radical (unpaired) electrons. The van der Waals surface area contributed by atoms with E-state index < -0.39 is 6.04 Å². The van der Waals surface area contributed by atoms with Crippen LogP contribution >= 0.6 is 11.3 Å². The topological polar surface area (TPSA) is 86.1 Å². The van der Waals surface area contributed by atoms with Crippen LogP contribution in [0.4, 0.5) is 5.69 Å². The third-order valence-corrected chi connectivity index (χ3v) is 6.97. The molecule has 0 spiro atoms. The molecule has 1 atom stereocenters. The van der Waals surface area contributed by atoms with Gasteiger partial charge in [0.05, 0.1) is 29.7 Å². The highest BCUT2D eigenvalue weighted by atomic mass is 32.1. The van der Waals surface area contributed by atoms with Gasteiger partial charge in [-0.15, -0.1) is 11.3 Å². The van der Waals surface area contributed by atoms with E-state index in [1.165, 1.54) is 22.2 Å². The molecule has 1 unspecified atom stereocenters. The highest BCUT2D eigenvalue weighted by Gasteiger charge is 2.28. The number of nitrogens with zero attached hydrogens (tertiary/aromatic N) is 3. The van der Waals surface area contributed by atoms with Gasteiger partial charge >= 0.3 is 0 Å². The molecule has 32 heavy (non-hydrogen) atoms. The minimum Gasteiger partial charge on any atom is -0.370 e. The Labute approximate surface area is 189 Å². The van der Waals surface area contributed by atoms with Crippen molar-refractivity contribution in [2.24, 2.45) is 0 Å². The van der Waals surface area contributed by atoms with Gasteiger partial charge in [0.1, 0.15) is 15.6 Å². The number of carbonyl (C=O) groups excluding carboxylic acids is 1. The number of anilines is 1. The molecule has 1 aliphatic heterocycles.